The zero-order chi connectivity index (χ0) is 32.3. The Morgan fingerprint density at radius 1 is 0.915 bits per heavy atom. The lowest BCUT2D eigenvalue weighted by Gasteiger charge is -2.31. The van der Waals surface area contributed by atoms with Gasteiger partial charge in [-0.2, -0.15) is 12.7 Å². The molecule has 8 rings (SSSR count). The summed E-state index contributed by atoms with van der Waals surface area (Å²) in [7, 11) is -2.38. The van der Waals surface area contributed by atoms with E-state index in [0.29, 0.717) is 38.8 Å². The number of amides is 2. The minimum Gasteiger partial charge on any atom is -0.497 e. The predicted molar refractivity (Wildman–Crippen MR) is 176 cm³/mol. The zero-order valence-electron chi connectivity index (χ0n) is 26.6. The van der Waals surface area contributed by atoms with E-state index in [4.69, 9.17) is 14.2 Å². The number of carbonyl (C=O) groups excluding carboxylic acids is 2. The molecule has 4 heterocycles. The van der Waals surface area contributed by atoms with Crippen LogP contribution in [0, 0.1) is 5.41 Å². The van der Waals surface area contributed by atoms with Crippen molar-refractivity contribution in [3.8, 4) is 17.0 Å². The van der Waals surface area contributed by atoms with Gasteiger partial charge in [-0.05, 0) is 65.8 Å². The van der Waals surface area contributed by atoms with Crippen molar-refractivity contribution in [1.29, 1.82) is 0 Å². The van der Waals surface area contributed by atoms with E-state index < -0.39 is 21.5 Å². The van der Waals surface area contributed by atoms with Crippen molar-refractivity contribution in [2.24, 2.45) is 5.41 Å². The van der Waals surface area contributed by atoms with Crippen molar-refractivity contribution >= 4 is 38.5 Å². The molecule has 11 nitrogen and oxygen atoms in total. The molecule has 0 bridgehead atoms. The maximum Gasteiger partial charge on any atom is 0.304 e. The van der Waals surface area contributed by atoms with Crippen LogP contribution in [0.15, 0.2) is 42.5 Å². The number of nitrogens with zero attached hydrogens (tertiary/aromatic N) is 3. The highest BCUT2D eigenvalue weighted by molar-refractivity contribution is 7.87. The molecule has 2 saturated heterocycles. The Hall–Kier alpha value is -3.71. The Morgan fingerprint density at radius 3 is 2.36 bits per heavy atom. The first kappa shape index (κ1) is 30.6. The first-order chi connectivity index (χ1) is 22.8. The number of carbonyl (C=O) groups is 2. The fourth-order valence-corrected chi connectivity index (χ4v) is 9.20. The molecule has 2 aromatic carbocycles. The van der Waals surface area contributed by atoms with Gasteiger partial charge in [-0.1, -0.05) is 31.4 Å². The van der Waals surface area contributed by atoms with E-state index in [-0.39, 0.29) is 37.8 Å². The standard InChI is InChI=1S/C35H40N4O7S/c1-44-25-8-10-26-28(20-25)29-21-35(29,34(41)37-11-15-45-16-12-37)22-39-30-19-24(33(40)36-47(42,43)38-13-17-46-18-14-38)7-9-27(30)31(32(26)39)23-5-3-2-4-6-23/h7-10,19-21,23H,2-6,11-18,22H2,1H3,(H,36,40). The molecule has 1 unspecified atom stereocenters. The van der Waals surface area contributed by atoms with Crippen LogP contribution in [-0.2, 0) is 31.0 Å². The van der Waals surface area contributed by atoms with Gasteiger partial charge in [0.2, 0.25) is 5.91 Å². The normalized spacial score (nSPS) is 23.3. The van der Waals surface area contributed by atoms with Crippen molar-refractivity contribution in [3.63, 3.8) is 0 Å². The second-order valence-corrected chi connectivity index (χ2v) is 14.9. The molecule has 3 aliphatic heterocycles. The van der Waals surface area contributed by atoms with E-state index in [1.54, 1.807) is 19.2 Å². The molecule has 1 saturated carbocycles. The van der Waals surface area contributed by atoms with Crippen molar-refractivity contribution in [3.05, 3.63) is 59.2 Å². The van der Waals surface area contributed by atoms with Crippen LogP contribution in [-0.4, -0.2) is 93.7 Å². The smallest absolute Gasteiger partial charge is 0.304 e. The van der Waals surface area contributed by atoms with Crippen molar-refractivity contribution in [2.45, 2.75) is 44.6 Å². The van der Waals surface area contributed by atoms with E-state index in [9.17, 15) is 18.0 Å². The fourth-order valence-electron chi connectivity index (χ4n) is 8.09. The summed E-state index contributed by atoms with van der Waals surface area (Å²) in [5.74, 6) is 0.432. The lowest BCUT2D eigenvalue weighted by Crippen LogP contribution is -2.48. The molecule has 0 radical (unpaired) electrons. The zero-order valence-corrected chi connectivity index (χ0v) is 27.4. The quantitative estimate of drug-likeness (QED) is 0.426. The summed E-state index contributed by atoms with van der Waals surface area (Å²) in [4.78, 5) is 29.9. The SMILES string of the molecule is COc1ccc2c(c1)C1=CC1(C(=O)N1CCOCC1)Cn1c-2c(C2CCCCC2)c2ccc(C(=O)NS(=O)(=O)N3CCOCC3)cc21. The molecular formula is C35H40N4O7S. The second-order valence-electron chi connectivity index (χ2n) is 13.2. The van der Waals surface area contributed by atoms with Crippen LogP contribution in [0.25, 0.3) is 27.7 Å². The van der Waals surface area contributed by atoms with Crippen LogP contribution in [0.3, 0.4) is 0 Å². The predicted octanol–water partition coefficient (Wildman–Crippen LogP) is 3.93. The number of hydrogen-bond acceptors (Lipinski definition) is 7. The maximum atomic E-state index is 14.4. The van der Waals surface area contributed by atoms with Gasteiger partial charge in [0.1, 0.15) is 11.2 Å². The summed E-state index contributed by atoms with van der Waals surface area (Å²) in [6, 6.07) is 11.6. The second kappa shape index (κ2) is 11.8. The number of nitrogens with one attached hydrogen (secondary N) is 1. The van der Waals surface area contributed by atoms with Crippen LogP contribution >= 0.6 is 0 Å². The molecule has 2 aliphatic carbocycles. The molecule has 47 heavy (non-hydrogen) atoms. The molecule has 5 aliphatic rings. The minimum atomic E-state index is -4.03. The van der Waals surface area contributed by atoms with Gasteiger partial charge >= 0.3 is 10.2 Å². The highest BCUT2D eigenvalue weighted by Crippen LogP contribution is 2.60. The Labute approximate surface area is 274 Å². The third-order valence-corrected chi connectivity index (χ3v) is 12.0. The maximum absolute atomic E-state index is 14.4. The Morgan fingerprint density at radius 2 is 1.64 bits per heavy atom. The van der Waals surface area contributed by atoms with E-state index in [1.165, 1.54) is 16.3 Å². The number of rotatable bonds is 6. The number of ether oxygens (including phenoxy) is 3. The van der Waals surface area contributed by atoms with Crippen LogP contribution in [0.1, 0.15) is 59.5 Å². The summed E-state index contributed by atoms with van der Waals surface area (Å²) in [6.45, 7) is 3.46. The molecule has 1 N–H and O–H groups in total. The number of benzene rings is 2. The van der Waals surface area contributed by atoms with Gasteiger partial charge in [0.05, 0.1) is 39.2 Å². The summed E-state index contributed by atoms with van der Waals surface area (Å²) in [5.41, 5.74) is 5.61. The Bertz CT molecular complexity index is 1900. The third-order valence-electron chi connectivity index (χ3n) is 10.6. The topological polar surface area (TPSA) is 119 Å². The highest BCUT2D eigenvalue weighted by Gasteiger charge is 2.56. The highest BCUT2D eigenvalue weighted by atomic mass is 32.2. The Kier molecular flexibility index (Phi) is 7.66. The van der Waals surface area contributed by atoms with E-state index in [1.807, 2.05) is 23.1 Å². The number of aromatic nitrogens is 1. The largest absolute Gasteiger partial charge is 0.497 e. The van der Waals surface area contributed by atoms with E-state index in [0.717, 1.165) is 64.7 Å². The van der Waals surface area contributed by atoms with Gasteiger partial charge in [-0.15, -0.1) is 0 Å². The molecule has 12 heteroatoms. The third kappa shape index (κ3) is 5.16. The van der Waals surface area contributed by atoms with Gasteiger partial charge in [0.25, 0.3) is 5.91 Å². The van der Waals surface area contributed by atoms with Crippen LogP contribution in [0.4, 0.5) is 0 Å². The average molecular weight is 661 g/mol. The van der Waals surface area contributed by atoms with Gasteiger partial charge in [-0.3, -0.25) is 9.59 Å². The van der Waals surface area contributed by atoms with Gasteiger partial charge in [-0.25, -0.2) is 4.72 Å². The van der Waals surface area contributed by atoms with Crippen molar-refractivity contribution < 1.29 is 32.2 Å². The first-order valence-corrected chi connectivity index (χ1v) is 18.1. The summed E-state index contributed by atoms with van der Waals surface area (Å²) in [6.07, 6.45) is 7.73. The molecular weight excluding hydrogens is 620 g/mol. The molecule has 2 amide bonds. The first-order valence-electron chi connectivity index (χ1n) is 16.7. The monoisotopic (exact) mass is 660 g/mol. The lowest BCUT2D eigenvalue weighted by atomic mass is 9.81. The molecule has 3 fully saturated rings. The van der Waals surface area contributed by atoms with Gasteiger partial charge in [0, 0.05) is 54.8 Å². The number of hydrogen-bond donors (Lipinski definition) is 1. The number of morpholine rings is 2. The average Bonchev–Trinajstić information content (AvgIpc) is 3.78. The van der Waals surface area contributed by atoms with Gasteiger partial charge < -0.3 is 23.7 Å². The molecule has 1 atom stereocenters. The number of methoxy groups -OCH3 is 1. The Balaban J connectivity index is 1.28. The number of fused-ring (bicyclic) bond motifs is 7. The fraction of sp³-hybridized carbons (Fsp3) is 0.486. The molecule has 0 spiro atoms. The van der Waals surface area contributed by atoms with Gasteiger partial charge in [0.15, 0.2) is 0 Å². The van der Waals surface area contributed by atoms with E-state index in [2.05, 4.69) is 21.4 Å². The lowest BCUT2D eigenvalue weighted by molar-refractivity contribution is -0.140. The minimum absolute atomic E-state index is 0.0592. The van der Waals surface area contributed by atoms with Crippen LogP contribution in [0.2, 0.25) is 0 Å². The molecule has 1 aromatic heterocycles. The van der Waals surface area contributed by atoms with Crippen molar-refractivity contribution in [1.82, 2.24) is 18.5 Å². The molecule has 3 aromatic rings. The summed E-state index contributed by atoms with van der Waals surface area (Å²) < 4.78 is 48.5. The summed E-state index contributed by atoms with van der Waals surface area (Å²) >= 11 is 0. The van der Waals surface area contributed by atoms with Crippen molar-refractivity contribution in [2.75, 3.05) is 59.7 Å². The van der Waals surface area contributed by atoms with Crippen LogP contribution < -0.4 is 9.46 Å². The van der Waals surface area contributed by atoms with Crippen LogP contribution in [0.5, 0.6) is 5.75 Å². The molecule has 248 valence electrons. The van der Waals surface area contributed by atoms with E-state index >= 15 is 0 Å². The summed E-state index contributed by atoms with van der Waals surface area (Å²) in [5, 5.41) is 1.04.